The number of esters is 1. The van der Waals surface area contributed by atoms with Gasteiger partial charge in [-0.25, -0.2) is 13.2 Å². The minimum absolute atomic E-state index is 0.0313. The highest BCUT2D eigenvalue weighted by atomic mass is 32.2. The first-order valence-electron chi connectivity index (χ1n) is 7.64. The minimum atomic E-state index is -3.79. The molecular weight excluding hydrogens is 318 g/mol. The standard InChI is InChI=1S/C16H23NO5S/c1-11-8-9-12(10-13(11)16(19)22-3)23(20,21)17(2)14-6-4-5-7-15(14)18/h8-10,14-15,18H,4-7H2,1-3H3/t14-,15-/m1/s1. The van der Waals surface area contributed by atoms with Gasteiger partial charge in [0.25, 0.3) is 0 Å². The van der Waals surface area contributed by atoms with Crippen molar-refractivity contribution in [1.29, 1.82) is 0 Å². The fourth-order valence-corrected chi connectivity index (χ4v) is 4.39. The molecule has 1 N–H and O–H groups in total. The first-order valence-corrected chi connectivity index (χ1v) is 9.08. The number of aliphatic hydroxyl groups excluding tert-OH is 1. The van der Waals surface area contributed by atoms with Gasteiger partial charge in [-0.3, -0.25) is 0 Å². The van der Waals surface area contributed by atoms with Crippen molar-refractivity contribution < 1.29 is 23.1 Å². The van der Waals surface area contributed by atoms with Crippen LogP contribution < -0.4 is 0 Å². The molecule has 2 rings (SSSR count). The lowest BCUT2D eigenvalue weighted by Crippen LogP contribution is -2.46. The predicted octanol–water partition coefficient (Wildman–Crippen LogP) is 1.71. The van der Waals surface area contributed by atoms with Gasteiger partial charge < -0.3 is 9.84 Å². The first kappa shape index (κ1) is 17.9. The molecule has 128 valence electrons. The summed E-state index contributed by atoms with van der Waals surface area (Å²) in [7, 11) is -1.05. The molecule has 1 aliphatic carbocycles. The molecule has 6 nitrogen and oxygen atoms in total. The summed E-state index contributed by atoms with van der Waals surface area (Å²) in [5.41, 5.74) is 0.877. The van der Waals surface area contributed by atoms with E-state index in [1.807, 2.05) is 0 Å². The molecule has 0 spiro atoms. The average molecular weight is 341 g/mol. The quantitative estimate of drug-likeness (QED) is 0.843. The lowest BCUT2D eigenvalue weighted by molar-refractivity contribution is 0.0598. The summed E-state index contributed by atoms with van der Waals surface area (Å²) in [6.45, 7) is 1.72. The SMILES string of the molecule is COC(=O)c1cc(S(=O)(=O)N(C)[C@@H]2CCCC[C@H]2O)ccc1C. The molecule has 1 aromatic carbocycles. The summed E-state index contributed by atoms with van der Waals surface area (Å²) < 4.78 is 31.5. The Morgan fingerprint density at radius 2 is 1.96 bits per heavy atom. The van der Waals surface area contributed by atoms with Gasteiger partial charge in [-0.2, -0.15) is 4.31 Å². The van der Waals surface area contributed by atoms with E-state index in [-0.39, 0.29) is 10.5 Å². The minimum Gasteiger partial charge on any atom is -0.465 e. The van der Waals surface area contributed by atoms with Crippen molar-refractivity contribution in [2.24, 2.45) is 0 Å². The Labute approximate surface area is 137 Å². The van der Waals surface area contributed by atoms with Crippen molar-refractivity contribution in [3.8, 4) is 0 Å². The van der Waals surface area contributed by atoms with Crippen LogP contribution in [0.3, 0.4) is 0 Å². The van der Waals surface area contributed by atoms with Crippen LogP contribution in [0.2, 0.25) is 0 Å². The molecule has 1 fully saturated rings. The van der Waals surface area contributed by atoms with Crippen molar-refractivity contribution in [3.63, 3.8) is 0 Å². The molecule has 7 heteroatoms. The zero-order valence-corrected chi connectivity index (χ0v) is 14.5. The Morgan fingerprint density at radius 1 is 1.30 bits per heavy atom. The molecule has 0 aliphatic heterocycles. The number of sulfonamides is 1. The Balaban J connectivity index is 2.37. The van der Waals surface area contributed by atoms with E-state index in [9.17, 15) is 18.3 Å². The number of aliphatic hydroxyl groups is 1. The third-order valence-corrected chi connectivity index (χ3v) is 6.33. The van der Waals surface area contributed by atoms with E-state index in [4.69, 9.17) is 4.74 Å². The zero-order valence-electron chi connectivity index (χ0n) is 13.7. The van der Waals surface area contributed by atoms with Crippen LogP contribution in [0.25, 0.3) is 0 Å². The highest BCUT2D eigenvalue weighted by molar-refractivity contribution is 7.89. The van der Waals surface area contributed by atoms with E-state index < -0.39 is 28.1 Å². The lowest BCUT2D eigenvalue weighted by atomic mass is 9.93. The van der Waals surface area contributed by atoms with Crippen LogP contribution in [0.15, 0.2) is 23.1 Å². The van der Waals surface area contributed by atoms with Crippen LogP contribution in [0.1, 0.15) is 41.6 Å². The van der Waals surface area contributed by atoms with Gasteiger partial charge in [0.05, 0.1) is 29.7 Å². The van der Waals surface area contributed by atoms with E-state index in [0.29, 0.717) is 18.4 Å². The third-order valence-electron chi connectivity index (χ3n) is 4.45. The topological polar surface area (TPSA) is 83.9 Å². The average Bonchev–Trinajstić information content (AvgIpc) is 2.54. The van der Waals surface area contributed by atoms with E-state index in [1.54, 1.807) is 13.0 Å². The summed E-state index contributed by atoms with van der Waals surface area (Å²) >= 11 is 0. The van der Waals surface area contributed by atoms with Gasteiger partial charge in [-0.05, 0) is 37.5 Å². The van der Waals surface area contributed by atoms with Gasteiger partial charge in [0.1, 0.15) is 0 Å². The molecule has 2 atom stereocenters. The molecule has 23 heavy (non-hydrogen) atoms. The number of benzene rings is 1. The smallest absolute Gasteiger partial charge is 0.338 e. The van der Waals surface area contributed by atoms with Gasteiger partial charge in [0.2, 0.25) is 10.0 Å². The molecule has 0 heterocycles. The van der Waals surface area contributed by atoms with Crippen LogP contribution in [-0.2, 0) is 14.8 Å². The van der Waals surface area contributed by atoms with Crippen molar-refractivity contribution in [1.82, 2.24) is 4.31 Å². The van der Waals surface area contributed by atoms with Crippen LogP contribution in [0.5, 0.6) is 0 Å². The Kier molecular flexibility index (Phi) is 5.44. The summed E-state index contributed by atoms with van der Waals surface area (Å²) in [5, 5.41) is 10.1. The maximum Gasteiger partial charge on any atom is 0.338 e. The molecule has 0 radical (unpaired) electrons. The summed E-state index contributed by atoms with van der Waals surface area (Å²) in [4.78, 5) is 11.8. The van der Waals surface area contributed by atoms with Crippen molar-refractivity contribution in [2.45, 2.75) is 49.6 Å². The monoisotopic (exact) mass is 341 g/mol. The van der Waals surface area contributed by atoms with Gasteiger partial charge in [-0.15, -0.1) is 0 Å². The number of hydrogen-bond acceptors (Lipinski definition) is 5. The second-order valence-electron chi connectivity index (χ2n) is 5.91. The normalized spacial score (nSPS) is 22.1. The van der Waals surface area contributed by atoms with Crippen LogP contribution in [0.4, 0.5) is 0 Å². The number of hydrogen-bond donors (Lipinski definition) is 1. The van der Waals surface area contributed by atoms with Crippen LogP contribution >= 0.6 is 0 Å². The Hall–Kier alpha value is -1.44. The van der Waals surface area contributed by atoms with Crippen molar-refractivity contribution in [3.05, 3.63) is 29.3 Å². The van der Waals surface area contributed by atoms with E-state index >= 15 is 0 Å². The van der Waals surface area contributed by atoms with Crippen molar-refractivity contribution in [2.75, 3.05) is 14.2 Å². The molecule has 0 unspecified atom stereocenters. The fraction of sp³-hybridized carbons (Fsp3) is 0.562. The van der Waals surface area contributed by atoms with Gasteiger partial charge in [0, 0.05) is 7.05 Å². The highest BCUT2D eigenvalue weighted by Crippen LogP contribution is 2.27. The molecule has 1 saturated carbocycles. The summed E-state index contributed by atoms with van der Waals surface area (Å²) in [5.74, 6) is -0.570. The number of aryl methyl sites for hydroxylation is 1. The van der Waals surface area contributed by atoms with E-state index in [1.165, 1.54) is 30.6 Å². The zero-order chi connectivity index (χ0) is 17.2. The number of ether oxygens (including phenoxy) is 1. The molecule has 1 aliphatic rings. The molecule has 0 amide bonds. The van der Waals surface area contributed by atoms with Crippen LogP contribution in [-0.4, -0.2) is 50.1 Å². The maximum atomic E-state index is 12.8. The van der Waals surface area contributed by atoms with Gasteiger partial charge >= 0.3 is 5.97 Å². The Bertz CT molecular complexity index is 686. The predicted molar refractivity (Wildman–Crippen MR) is 85.7 cm³/mol. The maximum absolute atomic E-state index is 12.8. The number of rotatable bonds is 4. The second kappa shape index (κ2) is 6.98. The number of methoxy groups -OCH3 is 1. The number of carbonyl (C=O) groups is 1. The largest absolute Gasteiger partial charge is 0.465 e. The van der Waals surface area contributed by atoms with Crippen molar-refractivity contribution >= 4 is 16.0 Å². The van der Waals surface area contributed by atoms with Gasteiger partial charge in [-0.1, -0.05) is 18.9 Å². The number of carbonyl (C=O) groups excluding carboxylic acids is 1. The van der Waals surface area contributed by atoms with Gasteiger partial charge in [0.15, 0.2) is 0 Å². The number of likely N-dealkylation sites (N-methyl/N-ethyl adjacent to an activating group) is 1. The fourth-order valence-electron chi connectivity index (χ4n) is 2.95. The van der Waals surface area contributed by atoms with Crippen LogP contribution in [0, 0.1) is 6.92 Å². The van der Waals surface area contributed by atoms with E-state index in [2.05, 4.69) is 0 Å². The lowest BCUT2D eigenvalue weighted by Gasteiger charge is -2.34. The second-order valence-corrected chi connectivity index (χ2v) is 7.91. The third kappa shape index (κ3) is 3.57. The Morgan fingerprint density at radius 3 is 2.57 bits per heavy atom. The highest BCUT2D eigenvalue weighted by Gasteiger charge is 2.34. The first-order chi connectivity index (χ1) is 10.8. The van der Waals surface area contributed by atoms with E-state index in [0.717, 1.165) is 12.8 Å². The molecule has 0 bridgehead atoms. The summed E-state index contributed by atoms with van der Waals surface area (Å²) in [6, 6.07) is 3.96. The molecule has 1 aromatic rings. The number of nitrogens with zero attached hydrogens (tertiary/aromatic N) is 1. The molecule has 0 aromatic heterocycles. The summed E-state index contributed by atoms with van der Waals surface area (Å²) in [6.07, 6.45) is 2.37. The molecular formula is C16H23NO5S. The molecule has 0 saturated heterocycles.